The first-order valence-corrected chi connectivity index (χ1v) is 7.25. The molecule has 1 aromatic heterocycles. The van der Waals surface area contributed by atoms with Crippen LogP contribution in [-0.4, -0.2) is 47.1 Å². The van der Waals surface area contributed by atoms with Gasteiger partial charge in [-0.1, -0.05) is 6.92 Å². The molecule has 1 aliphatic rings. The highest BCUT2D eigenvalue weighted by molar-refractivity contribution is 5.83. The number of hydrogen-bond acceptors (Lipinski definition) is 7. The number of primary amides is 1. The van der Waals surface area contributed by atoms with E-state index >= 15 is 0 Å². The zero-order chi connectivity index (χ0) is 15.2. The van der Waals surface area contributed by atoms with Crippen LogP contribution < -0.4 is 20.7 Å². The Labute approximate surface area is 124 Å². The number of aromatic nitrogens is 3. The highest BCUT2D eigenvalue weighted by Crippen LogP contribution is 2.23. The SMILES string of the molecule is CCCNc1nc(OC)nc(N2CCCCC2C(N)=O)n1. The minimum Gasteiger partial charge on any atom is -0.467 e. The summed E-state index contributed by atoms with van der Waals surface area (Å²) in [4.78, 5) is 26.2. The highest BCUT2D eigenvalue weighted by atomic mass is 16.5. The van der Waals surface area contributed by atoms with Crippen molar-refractivity contribution in [2.24, 2.45) is 5.73 Å². The largest absolute Gasteiger partial charge is 0.467 e. The van der Waals surface area contributed by atoms with Crippen LogP contribution in [0.4, 0.5) is 11.9 Å². The predicted molar refractivity (Wildman–Crippen MR) is 79.3 cm³/mol. The van der Waals surface area contributed by atoms with E-state index < -0.39 is 0 Å². The molecule has 116 valence electrons. The number of piperidine rings is 1. The van der Waals surface area contributed by atoms with Gasteiger partial charge in [0.15, 0.2) is 0 Å². The first-order valence-electron chi connectivity index (χ1n) is 7.25. The summed E-state index contributed by atoms with van der Waals surface area (Å²) in [5.41, 5.74) is 5.49. The van der Waals surface area contributed by atoms with Gasteiger partial charge in [-0.2, -0.15) is 15.0 Å². The van der Waals surface area contributed by atoms with E-state index in [0.29, 0.717) is 18.4 Å². The minimum atomic E-state index is -0.370. The zero-order valence-electron chi connectivity index (χ0n) is 12.5. The third-order valence-corrected chi connectivity index (χ3v) is 3.41. The van der Waals surface area contributed by atoms with Crippen molar-refractivity contribution < 1.29 is 9.53 Å². The lowest BCUT2D eigenvalue weighted by molar-refractivity contribution is -0.119. The van der Waals surface area contributed by atoms with Gasteiger partial charge in [-0.25, -0.2) is 0 Å². The van der Waals surface area contributed by atoms with Crippen molar-refractivity contribution in [2.45, 2.75) is 38.6 Å². The second-order valence-corrected chi connectivity index (χ2v) is 4.98. The van der Waals surface area contributed by atoms with E-state index in [2.05, 4.69) is 27.2 Å². The summed E-state index contributed by atoms with van der Waals surface area (Å²) in [7, 11) is 1.50. The maximum Gasteiger partial charge on any atom is 0.322 e. The van der Waals surface area contributed by atoms with Gasteiger partial charge in [0.05, 0.1) is 7.11 Å². The standard InChI is InChI=1S/C13H22N6O2/c1-3-7-15-11-16-12(18-13(17-11)21-2)19-8-5-4-6-9(19)10(14)20/h9H,3-8H2,1-2H3,(H2,14,20)(H,15,16,17,18). The van der Waals surface area contributed by atoms with Crippen molar-refractivity contribution in [3.05, 3.63) is 0 Å². The fourth-order valence-electron chi connectivity index (χ4n) is 2.35. The average molecular weight is 294 g/mol. The van der Waals surface area contributed by atoms with E-state index in [-0.39, 0.29) is 18.0 Å². The Bertz CT molecular complexity index is 496. The van der Waals surface area contributed by atoms with Gasteiger partial charge < -0.3 is 20.7 Å². The van der Waals surface area contributed by atoms with E-state index in [1.807, 2.05) is 4.90 Å². The lowest BCUT2D eigenvalue weighted by Gasteiger charge is -2.33. The molecule has 2 rings (SSSR count). The van der Waals surface area contributed by atoms with Crippen molar-refractivity contribution in [1.29, 1.82) is 0 Å². The second kappa shape index (κ2) is 7.05. The van der Waals surface area contributed by atoms with Crippen LogP contribution in [0.3, 0.4) is 0 Å². The Morgan fingerprint density at radius 3 is 2.90 bits per heavy atom. The summed E-state index contributed by atoms with van der Waals surface area (Å²) in [5.74, 6) is 0.536. The van der Waals surface area contributed by atoms with Crippen molar-refractivity contribution >= 4 is 17.8 Å². The molecule has 1 unspecified atom stereocenters. The maximum absolute atomic E-state index is 11.6. The maximum atomic E-state index is 11.6. The summed E-state index contributed by atoms with van der Waals surface area (Å²) in [6.07, 6.45) is 3.64. The fourth-order valence-corrected chi connectivity index (χ4v) is 2.35. The predicted octanol–water partition coefficient (Wildman–Crippen LogP) is 0.546. The smallest absolute Gasteiger partial charge is 0.322 e. The third-order valence-electron chi connectivity index (χ3n) is 3.41. The first-order chi connectivity index (χ1) is 10.2. The van der Waals surface area contributed by atoms with Gasteiger partial charge in [-0.05, 0) is 25.7 Å². The molecule has 21 heavy (non-hydrogen) atoms. The van der Waals surface area contributed by atoms with Crippen LogP contribution in [0.25, 0.3) is 0 Å². The summed E-state index contributed by atoms with van der Waals surface area (Å²) in [5, 5.41) is 3.11. The monoisotopic (exact) mass is 294 g/mol. The minimum absolute atomic E-state index is 0.229. The molecular weight excluding hydrogens is 272 g/mol. The number of carbonyl (C=O) groups excluding carboxylic acids is 1. The molecule has 1 aliphatic heterocycles. The molecule has 1 fully saturated rings. The second-order valence-electron chi connectivity index (χ2n) is 4.98. The molecule has 0 aromatic carbocycles. The molecule has 1 saturated heterocycles. The molecule has 3 N–H and O–H groups in total. The van der Waals surface area contributed by atoms with Crippen LogP contribution >= 0.6 is 0 Å². The lowest BCUT2D eigenvalue weighted by Crippen LogP contribution is -2.48. The number of ether oxygens (including phenoxy) is 1. The summed E-state index contributed by atoms with van der Waals surface area (Å²) < 4.78 is 5.12. The van der Waals surface area contributed by atoms with E-state index in [1.54, 1.807) is 0 Å². The summed E-state index contributed by atoms with van der Waals surface area (Å²) >= 11 is 0. The van der Waals surface area contributed by atoms with Gasteiger partial charge in [-0.3, -0.25) is 4.79 Å². The number of nitrogens with zero attached hydrogens (tertiary/aromatic N) is 4. The third kappa shape index (κ3) is 3.71. The van der Waals surface area contributed by atoms with Gasteiger partial charge in [-0.15, -0.1) is 0 Å². The summed E-state index contributed by atoms with van der Waals surface area (Å²) in [6.45, 7) is 3.51. The van der Waals surface area contributed by atoms with Crippen molar-refractivity contribution in [1.82, 2.24) is 15.0 Å². The number of rotatable bonds is 6. The Hall–Kier alpha value is -2.12. The quantitative estimate of drug-likeness (QED) is 0.788. The molecule has 0 aliphatic carbocycles. The molecule has 1 amide bonds. The Morgan fingerprint density at radius 2 is 2.24 bits per heavy atom. The number of amides is 1. The molecular formula is C13H22N6O2. The zero-order valence-corrected chi connectivity index (χ0v) is 12.5. The normalized spacial score (nSPS) is 18.4. The van der Waals surface area contributed by atoms with Crippen LogP contribution in [0.15, 0.2) is 0 Å². The van der Waals surface area contributed by atoms with Gasteiger partial charge in [0.2, 0.25) is 17.8 Å². The number of methoxy groups -OCH3 is 1. The molecule has 0 saturated carbocycles. The fraction of sp³-hybridized carbons (Fsp3) is 0.692. The molecule has 8 nitrogen and oxygen atoms in total. The lowest BCUT2D eigenvalue weighted by atomic mass is 10.0. The number of anilines is 2. The Kier molecular flexibility index (Phi) is 5.13. The van der Waals surface area contributed by atoms with Crippen molar-refractivity contribution in [3.63, 3.8) is 0 Å². The topological polar surface area (TPSA) is 106 Å². The van der Waals surface area contributed by atoms with Crippen molar-refractivity contribution in [2.75, 3.05) is 30.4 Å². The van der Waals surface area contributed by atoms with Crippen LogP contribution in [0, 0.1) is 0 Å². The first kappa shape index (κ1) is 15.3. The molecule has 2 heterocycles. The van der Waals surface area contributed by atoms with Gasteiger partial charge in [0.25, 0.3) is 0 Å². The Balaban J connectivity index is 2.29. The van der Waals surface area contributed by atoms with Gasteiger partial charge in [0, 0.05) is 13.1 Å². The molecule has 8 heteroatoms. The number of carbonyl (C=O) groups is 1. The molecule has 1 aromatic rings. The highest BCUT2D eigenvalue weighted by Gasteiger charge is 2.29. The van der Waals surface area contributed by atoms with Crippen LogP contribution in [0.2, 0.25) is 0 Å². The van der Waals surface area contributed by atoms with Gasteiger partial charge in [0.1, 0.15) is 6.04 Å². The average Bonchev–Trinajstić information content (AvgIpc) is 2.52. The Morgan fingerprint density at radius 1 is 1.43 bits per heavy atom. The van der Waals surface area contributed by atoms with Crippen molar-refractivity contribution in [3.8, 4) is 6.01 Å². The molecule has 0 radical (unpaired) electrons. The molecule has 0 spiro atoms. The number of nitrogens with one attached hydrogen (secondary N) is 1. The van der Waals surface area contributed by atoms with Crippen LogP contribution in [-0.2, 0) is 4.79 Å². The summed E-state index contributed by atoms with van der Waals surface area (Å²) in [6, 6.07) is -0.141. The van der Waals surface area contributed by atoms with E-state index in [4.69, 9.17) is 10.5 Å². The number of nitrogens with two attached hydrogens (primary N) is 1. The van der Waals surface area contributed by atoms with Crippen LogP contribution in [0.1, 0.15) is 32.6 Å². The van der Waals surface area contributed by atoms with E-state index in [1.165, 1.54) is 7.11 Å². The van der Waals surface area contributed by atoms with E-state index in [0.717, 1.165) is 32.2 Å². The van der Waals surface area contributed by atoms with Crippen LogP contribution in [0.5, 0.6) is 6.01 Å². The van der Waals surface area contributed by atoms with E-state index in [9.17, 15) is 4.79 Å². The molecule has 1 atom stereocenters. The molecule has 0 bridgehead atoms. The number of hydrogen-bond donors (Lipinski definition) is 2. The van der Waals surface area contributed by atoms with Gasteiger partial charge >= 0.3 is 6.01 Å².